The van der Waals surface area contributed by atoms with Crippen molar-refractivity contribution < 1.29 is 9.59 Å². The highest BCUT2D eigenvalue weighted by Crippen LogP contribution is 2.13. The van der Waals surface area contributed by atoms with Crippen LogP contribution in [0.2, 0.25) is 0 Å². The molecule has 0 radical (unpaired) electrons. The number of rotatable bonds is 5. The molecule has 28 heavy (non-hydrogen) atoms. The number of carbonyl (C=O) groups excluding carboxylic acids is 2. The highest BCUT2D eigenvalue weighted by Gasteiger charge is 2.23. The van der Waals surface area contributed by atoms with Crippen molar-refractivity contribution in [2.75, 3.05) is 38.0 Å². The molecule has 0 aromatic heterocycles. The number of nitrogens with zero attached hydrogens (tertiary/aromatic N) is 2. The van der Waals surface area contributed by atoms with Crippen molar-refractivity contribution in [2.45, 2.75) is 19.9 Å². The van der Waals surface area contributed by atoms with E-state index in [1.54, 1.807) is 0 Å². The van der Waals surface area contributed by atoms with Gasteiger partial charge in [0.15, 0.2) is 0 Å². The van der Waals surface area contributed by atoms with Gasteiger partial charge in [0.05, 0.1) is 12.6 Å². The molecule has 148 valence electrons. The number of nitrogens with one attached hydrogen (secondary N) is 2. The van der Waals surface area contributed by atoms with Crippen molar-refractivity contribution in [2.24, 2.45) is 0 Å². The van der Waals surface area contributed by atoms with Gasteiger partial charge in [-0.3, -0.25) is 9.69 Å². The molecule has 1 aliphatic heterocycles. The third-order valence-corrected chi connectivity index (χ3v) is 5.00. The molecule has 3 rings (SSSR count). The normalized spacial score (nSPS) is 15.7. The molecule has 1 aliphatic rings. The lowest BCUT2D eigenvalue weighted by Gasteiger charge is -2.35. The summed E-state index contributed by atoms with van der Waals surface area (Å²) in [5, 5.41) is 5.97. The molecule has 1 saturated heterocycles. The monoisotopic (exact) mass is 380 g/mol. The van der Waals surface area contributed by atoms with Crippen molar-refractivity contribution in [1.29, 1.82) is 0 Å². The van der Waals surface area contributed by atoms with Crippen LogP contribution in [0.25, 0.3) is 0 Å². The van der Waals surface area contributed by atoms with Gasteiger partial charge in [0.25, 0.3) is 0 Å². The molecule has 0 unspecified atom stereocenters. The fraction of sp³-hybridized carbons (Fsp3) is 0.364. The van der Waals surface area contributed by atoms with Gasteiger partial charge in [-0.05, 0) is 31.5 Å². The number of urea groups is 1. The van der Waals surface area contributed by atoms with E-state index in [-0.39, 0.29) is 18.0 Å². The molecular weight excluding hydrogens is 352 g/mol. The molecule has 6 heteroatoms. The summed E-state index contributed by atoms with van der Waals surface area (Å²) in [6.07, 6.45) is 0. The van der Waals surface area contributed by atoms with E-state index in [0.717, 1.165) is 16.8 Å². The standard InChI is InChI=1S/C22H28N4O2/c1-17-8-10-20(11-9-17)24-21(27)16-25-12-14-26(15-13-25)22(28)23-18(2)19-6-4-3-5-7-19/h3-11,18H,12-16H2,1-2H3,(H,23,28)(H,24,27)/t18-/m1/s1. The first-order chi connectivity index (χ1) is 13.5. The highest BCUT2D eigenvalue weighted by atomic mass is 16.2. The van der Waals surface area contributed by atoms with E-state index in [2.05, 4.69) is 15.5 Å². The Labute approximate surface area is 166 Å². The molecular formula is C22H28N4O2. The van der Waals surface area contributed by atoms with E-state index >= 15 is 0 Å². The molecule has 0 bridgehead atoms. The lowest BCUT2D eigenvalue weighted by atomic mass is 10.1. The van der Waals surface area contributed by atoms with Crippen molar-refractivity contribution in [1.82, 2.24) is 15.1 Å². The largest absolute Gasteiger partial charge is 0.331 e. The number of carbonyl (C=O) groups is 2. The third-order valence-electron chi connectivity index (χ3n) is 5.00. The number of hydrogen-bond acceptors (Lipinski definition) is 3. The molecule has 0 spiro atoms. The Hall–Kier alpha value is -2.86. The second kappa shape index (κ2) is 9.37. The lowest BCUT2D eigenvalue weighted by molar-refractivity contribution is -0.117. The number of aryl methyl sites for hydroxylation is 1. The van der Waals surface area contributed by atoms with E-state index in [9.17, 15) is 9.59 Å². The van der Waals surface area contributed by atoms with Gasteiger partial charge >= 0.3 is 6.03 Å². The van der Waals surface area contributed by atoms with E-state index in [1.807, 2.05) is 73.3 Å². The molecule has 2 aromatic rings. The second-order valence-electron chi connectivity index (χ2n) is 7.26. The van der Waals surface area contributed by atoms with Gasteiger partial charge in [0.1, 0.15) is 0 Å². The SMILES string of the molecule is Cc1ccc(NC(=O)CN2CCN(C(=O)N[C@H](C)c3ccccc3)CC2)cc1. The van der Waals surface area contributed by atoms with Crippen LogP contribution < -0.4 is 10.6 Å². The van der Waals surface area contributed by atoms with Crippen molar-refractivity contribution in [3.8, 4) is 0 Å². The Morgan fingerprint density at radius 3 is 2.25 bits per heavy atom. The van der Waals surface area contributed by atoms with Crippen LogP contribution in [0.3, 0.4) is 0 Å². The zero-order valence-corrected chi connectivity index (χ0v) is 16.5. The van der Waals surface area contributed by atoms with Crippen molar-refractivity contribution in [3.63, 3.8) is 0 Å². The number of amides is 3. The van der Waals surface area contributed by atoms with Gasteiger partial charge in [-0.2, -0.15) is 0 Å². The fourth-order valence-electron chi connectivity index (χ4n) is 3.25. The van der Waals surface area contributed by atoms with Crippen LogP contribution in [0, 0.1) is 6.92 Å². The second-order valence-corrected chi connectivity index (χ2v) is 7.26. The first kappa shape index (κ1) is 19.9. The number of piperazine rings is 1. The molecule has 6 nitrogen and oxygen atoms in total. The Morgan fingerprint density at radius 2 is 1.61 bits per heavy atom. The minimum absolute atomic E-state index is 0.0283. The summed E-state index contributed by atoms with van der Waals surface area (Å²) in [4.78, 5) is 28.6. The van der Waals surface area contributed by atoms with Gasteiger partial charge in [-0.15, -0.1) is 0 Å². The zero-order valence-electron chi connectivity index (χ0n) is 16.5. The van der Waals surface area contributed by atoms with E-state index in [1.165, 1.54) is 0 Å². The van der Waals surface area contributed by atoms with Crippen LogP contribution >= 0.6 is 0 Å². The molecule has 0 aliphatic carbocycles. The molecule has 2 N–H and O–H groups in total. The number of hydrogen-bond donors (Lipinski definition) is 2. The minimum Gasteiger partial charge on any atom is -0.331 e. The van der Waals surface area contributed by atoms with E-state index in [4.69, 9.17) is 0 Å². The third kappa shape index (κ3) is 5.57. The molecule has 1 atom stereocenters. The van der Waals surface area contributed by atoms with E-state index < -0.39 is 0 Å². The lowest BCUT2D eigenvalue weighted by Crippen LogP contribution is -2.53. The molecule has 3 amide bonds. The van der Waals surface area contributed by atoms with Crippen LogP contribution in [0.4, 0.5) is 10.5 Å². The molecule has 1 heterocycles. The van der Waals surface area contributed by atoms with E-state index in [0.29, 0.717) is 32.7 Å². The first-order valence-corrected chi connectivity index (χ1v) is 9.70. The summed E-state index contributed by atoms with van der Waals surface area (Å²) < 4.78 is 0. The average Bonchev–Trinajstić information content (AvgIpc) is 2.71. The van der Waals surface area contributed by atoms with Gasteiger partial charge in [-0.25, -0.2) is 4.79 Å². The van der Waals surface area contributed by atoms with Crippen LogP contribution in [-0.4, -0.2) is 54.5 Å². The highest BCUT2D eigenvalue weighted by molar-refractivity contribution is 5.92. The maximum atomic E-state index is 12.5. The fourth-order valence-corrected chi connectivity index (χ4v) is 3.25. The maximum Gasteiger partial charge on any atom is 0.317 e. The first-order valence-electron chi connectivity index (χ1n) is 9.70. The van der Waals surface area contributed by atoms with Crippen molar-refractivity contribution in [3.05, 3.63) is 65.7 Å². The zero-order chi connectivity index (χ0) is 19.9. The average molecular weight is 380 g/mol. The van der Waals surface area contributed by atoms with Gasteiger partial charge in [0.2, 0.25) is 5.91 Å². The topological polar surface area (TPSA) is 64.7 Å². The number of anilines is 1. The van der Waals surface area contributed by atoms with Crippen LogP contribution in [0.15, 0.2) is 54.6 Å². The molecule has 0 saturated carbocycles. The Morgan fingerprint density at radius 1 is 0.964 bits per heavy atom. The number of benzene rings is 2. The summed E-state index contributed by atoms with van der Waals surface area (Å²) in [6.45, 7) is 6.95. The predicted molar refractivity (Wildman–Crippen MR) is 111 cm³/mol. The summed E-state index contributed by atoms with van der Waals surface area (Å²) in [6, 6.07) is 17.6. The van der Waals surface area contributed by atoms with Crippen LogP contribution in [0.5, 0.6) is 0 Å². The van der Waals surface area contributed by atoms with Gasteiger partial charge < -0.3 is 15.5 Å². The van der Waals surface area contributed by atoms with Crippen molar-refractivity contribution >= 4 is 17.6 Å². The molecule has 2 aromatic carbocycles. The predicted octanol–water partition coefficient (Wildman–Crippen LogP) is 3.02. The van der Waals surface area contributed by atoms with Gasteiger partial charge in [0, 0.05) is 31.9 Å². The summed E-state index contributed by atoms with van der Waals surface area (Å²) in [5.74, 6) is -0.0283. The maximum absolute atomic E-state index is 12.5. The summed E-state index contributed by atoms with van der Waals surface area (Å²) in [7, 11) is 0. The quantitative estimate of drug-likeness (QED) is 0.838. The Bertz CT molecular complexity index is 784. The summed E-state index contributed by atoms with van der Waals surface area (Å²) >= 11 is 0. The van der Waals surface area contributed by atoms with Crippen LogP contribution in [0.1, 0.15) is 24.1 Å². The van der Waals surface area contributed by atoms with Crippen LogP contribution in [-0.2, 0) is 4.79 Å². The Balaban J connectivity index is 1.41. The summed E-state index contributed by atoms with van der Waals surface area (Å²) in [5.41, 5.74) is 3.06. The Kier molecular flexibility index (Phi) is 6.66. The minimum atomic E-state index is -0.0555. The van der Waals surface area contributed by atoms with Gasteiger partial charge in [-0.1, -0.05) is 48.0 Å². The molecule has 1 fully saturated rings. The smallest absolute Gasteiger partial charge is 0.317 e.